The van der Waals surface area contributed by atoms with Gasteiger partial charge in [0.15, 0.2) is 0 Å². The van der Waals surface area contributed by atoms with Crippen LogP contribution in [0.4, 0.5) is 4.39 Å². The molecule has 0 atom stereocenters. The number of carbonyl (C=O) groups is 2. The highest BCUT2D eigenvalue weighted by Crippen LogP contribution is 2.13. The topological polar surface area (TPSA) is 49.9 Å². The zero-order valence-electron chi connectivity index (χ0n) is 12.8. The first-order chi connectivity index (χ1) is 10.6. The molecule has 0 spiro atoms. The summed E-state index contributed by atoms with van der Waals surface area (Å²) < 4.78 is 18.8. The number of amides is 2. The Kier molecular flexibility index (Phi) is 5.89. The molecule has 0 radical (unpaired) electrons. The van der Waals surface area contributed by atoms with E-state index in [0.29, 0.717) is 31.7 Å². The van der Waals surface area contributed by atoms with Gasteiger partial charge < -0.3 is 14.5 Å². The molecule has 0 N–H and O–H groups in total. The predicted molar refractivity (Wildman–Crippen MR) is 79.5 cm³/mol. The van der Waals surface area contributed by atoms with Gasteiger partial charge in [0.25, 0.3) is 0 Å². The van der Waals surface area contributed by atoms with E-state index >= 15 is 0 Å². The van der Waals surface area contributed by atoms with Gasteiger partial charge in [-0.1, -0.05) is 18.2 Å². The SMILES string of the molecule is COCCN(Cc1ccccc1F)C(=O)CN1CCCC1=O. The van der Waals surface area contributed by atoms with Crippen molar-refractivity contribution in [2.75, 3.05) is 33.4 Å². The van der Waals surface area contributed by atoms with Gasteiger partial charge in [-0.2, -0.15) is 0 Å². The summed E-state index contributed by atoms with van der Waals surface area (Å²) in [4.78, 5) is 27.1. The van der Waals surface area contributed by atoms with Gasteiger partial charge in [-0.05, 0) is 12.5 Å². The first-order valence-electron chi connectivity index (χ1n) is 7.39. The number of carbonyl (C=O) groups excluding carboxylic acids is 2. The standard InChI is InChI=1S/C16H21FN2O3/c1-22-10-9-19(11-13-5-2-3-6-14(13)17)16(21)12-18-8-4-7-15(18)20/h2-3,5-6H,4,7-12H2,1H3. The molecular weight excluding hydrogens is 287 g/mol. The van der Waals surface area contributed by atoms with Crippen molar-refractivity contribution < 1.29 is 18.7 Å². The van der Waals surface area contributed by atoms with Gasteiger partial charge in [-0.3, -0.25) is 9.59 Å². The Morgan fingerprint density at radius 3 is 2.82 bits per heavy atom. The monoisotopic (exact) mass is 308 g/mol. The Labute approximate surface area is 129 Å². The van der Waals surface area contributed by atoms with Gasteiger partial charge >= 0.3 is 0 Å². The number of nitrogens with zero attached hydrogens (tertiary/aromatic N) is 2. The van der Waals surface area contributed by atoms with Crippen LogP contribution < -0.4 is 0 Å². The molecule has 0 aliphatic carbocycles. The van der Waals surface area contributed by atoms with E-state index in [9.17, 15) is 14.0 Å². The summed E-state index contributed by atoms with van der Waals surface area (Å²) >= 11 is 0. The summed E-state index contributed by atoms with van der Waals surface area (Å²) in [7, 11) is 1.55. The summed E-state index contributed by atoms with van der Waals surface area (Å²) in [6.07, 6.45) is 1.29. The Balaban J connectivity index is 2.03. The summed E-state index contributed by atoms with van der Waals surface area (Å²) in [5.41, 5.74) is 0.458. The van der Waals surface area contributed by atoms with Crippen molar-refractivity contribution in [3.05, 3.63) is 35.6 Å². The molecule has 1 aromatic rings. The molecule has 22 heavy (non-hydrogen) atoms. The van der Waals surface area contributed by atoms with Crippen molar-refractivity contribution in [3.8, 4) is 0 Å². The van der Waals surface area contributed by atoms with E-state index in [2.05, 4.69) is 0 Å². The van der Waals surface area contributed by atoms with Gasteiger partial charge in [0.2, 0.25) is 11.8 Å². The third-order valence-corrected chi connectivity index (χ3v) is 3.73. The maximum atomic E-state index is 13.8. The molecule has 0 bridgehead atoms. The molecule has 6 heteroatoms. The molecule has 0 aromatic heterocycles. The van der Waals surface area contributed by atoms with Crippen molar-refractivity contribution in [1.29, 1.82) is 0 Å². The Hall–Kier alpha value is -1.95. The molecule has 2 amide bonds. The number of rotatable bonds is 7. The number of methoxy groups -OCH3 is 1. The van der Waals surface area contributed by atoms with Crippen LogP contribution in [0.15, 0.2) is 24.3 Å². The van der Waals surface area contributed by atoms with Crippen molar-refractivity contribution in [2.24, 2.45) is 0 Å². The fourth-order valence-corrected chi connectivity index (χ4v) is 2.46. The fraction of sp³-hybridized carbons (Fsp3) is 0.500. The van der Waals surface area contributed by atoms with Crippen molar-refractivity contribution in [1.82, 2.24) is 9.80 Å². The second-order valence-corrected chi connectivity index (χ2v) is 5.32. The lowest BCUT2D eigenvalue weighted by Gasteiger charge is -2.25. The Bertz CT molecular complexity index is 536. The van der Waals surface area contributed by atoms with Crippen molar-refractivity contribution in [2.45, 2.75) is 19.4 Å². The maximum absolute atomic E-state index is 13.8. The average Bonchev–Trinajstić information content (AvgIpc) is 2.90. The number of likely N-dealkylation sites (tertiary alicyclic amines) is 1. The fourth-order valence-electron chi connectivity index (χ4n) is 2.46. The molecule has 1 aliphatic heterocycles. The van der Waals surface area contributed by atoms with Crippen LogP contribution in [0, 0.1) is 5.82 Å². The zero-order valence-corrected chi connectivity index (χ0v) is 12.8. The van der Waals surface area contributed by atoms with E-state index in [-0.39, 0.29) is 30.7 Å². The molecule has 1 aliphatic rings. The van der Waals surface area contributed by atoms with Crippen molar-refractivity contribution >= 4 is 11.8 Å². The van der Waals surface area contributed by atoms with E-state index in [1.807, 2.05) is 0 Å². The van der Waals surface area contributed by atoms with Crippen LogP contribution in [0.1, 0.15) is 18.4 Å². The predicted octanol–water partition coefficient (Wildman–Crippen LogP) is 1.42. The first kappa shape index (κ1) is 16.4. The number of ether oxygens (including phenoxy) is 1. The van der Waals surface area contributed by atoms with Crippen LogP contribution in [0.25, 0.3) is 0 Å². The lowest BCUT2D eigenvalue weighted by atomic mass is 10.2. The summed E-state index contributed by atoms with van der Waals surface area (Å²) in [5, 5.41) is 0. The number of hydrogen-bond acceptors (Lipinski definition) is 3. The quantitative estimate of drug-likeness (QED) is 0.765. The highest BCUT2D eigenvalue weighted by Gasteiger charge is 2.25. The van der Waals surface area contributed by atoms with Gasteiger partial charge in [-0.25, -0.2) is 4.39 Å². The largest absolute Gasteiger partial charge is 0.383 e. The molecule has 5 nitrogen and oxygen atoms in total. The van der Waals surface area contributed by atoms with Gasteiger partial charge in [0, 0.05) is 38.7 Å². The minimum atomic E-state index is -0.338. The van der Waals surface area contributed by atoms with Crippen LogP contribution in [0.5, 0.6) is 0 Å². The highest BCUT2D eigenvalue weighted by molar-refractivity contribution is 5.85. The lowest BCUT2D eigenvalue weighted by Crippen LogP contribution is -2.42. The van der Waals surface area contributed by atoms with Crippen molar-refractivity contribution in [3.63, 3.8) is 0 Å². The second-order valence-electron chi connectivity index (χ2n) is 5.32. The highest BCUT2D eigenvalue weighted by atomic mass is 19.1. The molecule has 0 unspecified atom stereocenters. The maximum Gasteiger partial charge on any atom is 0.242 e. The van der Waals surface area contributed by atoms with Crippen LogP contribution in [-0.2, 0) is 20.9 Å². The summed E-state index contributed by atoms with van der Waals surface area (Å²) in [6.45, 7) is 1.58. The molecule has 1 heterocycles. The van der Waals surface area contributed by atoms with E-state index in [1.54, 1.807) is 30.2 Å². The Morgan fingerprint density at radius 2 is 2.18 bits per heavy atom. The van der Waals surface area contributed by atoms with Crippen LogP contribution in [0.2, 0.25) is 0 Å². The summed E-state index contributed by atoms with van der Waals surface area (Å²) in [5.74, 6) is -0.517. The third kappa shape index (κ3) is 4.27. The molecule has 2 rings (SSSR count). The van der Waals surface area contributed by atoms with Gasteiger partial charge in [0.1, 0.15) is 5.82 Å². The molecular formula is C16H21FN2O3. The van der Waals surface area contributed by atoms with E-state index in [1.165, 1.54) is 11.0 Å². The van der Waals surface area contributed by atoms with Gasteiger partial charge in [-0.15, -0.1) is 0 Å². The van der Waals surface area contributed by atoms with E-state index < -0.39 is 0 Å². The number of benzene rings is 1. The van der Waals surface area contributed by atoms with Crippen LogP contribution in [-0.4, -0.2) is 55.0 Å². The summed E-state index contributed by atoms with van der Waals surface area (Å²) in [6, 6.07) is 6.38. The molecule has 0 saturated carbocycles. The third-order valence-electron chi connectivity index (χ3n) is 3.73. The van der Waals surface area contributed by atoms with Gasteiger partial charge in [0.05, 0.1) is 13.2 Å². The number of hydrogen-bond donors (Lipinski definition) is 0. The minimum Gasteiger partial charge on any atom is -0.383 e. The minimum absolute atomic E-state index is 0.00549. The molecule has 1 saturated heterocycles. The van der Waals surface area contributed by atoms with E-state index in [0.717, 1.165) is 6.42 Å². The molecule has 1 fully saturated rings. The lowest BCUT2D eigenvalue weighted by molar-refractivity contribution is -0.139. The zero-order chi connectivity index (χ0) is 15.9. The normalized spacial score (nSPS) is 14.5. The number of halogens is 1. The van der Waals surface area contributed by atoms with E-state index in [4.69, 9.17) is 4.74 Å². The molecule has 1 aromatic carbocycles. The molecule has 120 valence electrons. The van der Waals surface area contributed by atoms with Crippen LogP contribution in [0.3, 0.4) is 0 Å². The second kappa shape index (κ2) is 7.89. The smallest absolute Gasteiger partial charge is 0.242 e. The average molecular weight is 308 g/mol. The van der Waals surface area contributed by atoms with Crippen LogP contribution >= 0.6 is 0 Å². The first-order valence-corrected chi connectivity index (χ1v) is 7.39. The Morgan fingerprint density at radius 1 is 1.41 bits per heavy atom.